The minimum absolute atomic E-state index is 0.119. The van der Waals surface area contributed by atoms with E-state index in [0.29, 0.717) is 5.69 Å². The molecule has 0 aliphatic carbocycles. The Balaban J connectivity index is 1.61. The molecular formula is C16H12F2N4O2. The molecule has 0 atom stereocenters. The highest BCUT2D eigenvalue weighted by Gasteiger charge is 2.08. The number of aromatic nitrogens is 3. The van der Waals surface area contributed by atoms with Gasteiger partial charge in [0.25, 0.3) is 0 Å². The Morgan fingerprint density at radius 1 is 1.25 bits per heavy atom. The molecule has 2 heterocycles. The van der Waals surface area contributed by atoms with Crippen molar-refractivity contribution < 1.29 is 18.3 Å². The second kappa shape index (κ2) is 6.86. The molecule has 0 unspecified atom stereocenters. The maximum Gasteiger partial charge on any atom is 0.244 e. The summed E-state index contributed by atoms with van der Waals surface area (Å²) >= 11 is 0. The maximum atomic E-state index is 13.5. The van der Waals surface area contributed by atoms with Crippen molar-refractivity contribution in [1.29, 1.82) is 0 Å². The van der Waals surface area contributed by atoms with E-state index in [1.54, 1.807) is 23.0 Å². The molecule has 2 aromatic heterocycles. The van der Waals surface area contributed by atoms with E-state index < -0.39 is 11.6 Å². The lowest BCUT2D eigenvalue weighted by Gasteiger charge is -2.08. The second-order valence-corrected chi connectivity index (χ2v) is 4.85. The summed E-state index contributed by atoms with van der Waals surface area (Å²) in [6.45, 7) is 0.124. The fourth-order valence-corrected chi connectivity index (χ4v) is 1.93. The third-order valence-electron chi connectivity index (χ3n) is 3.01. The van der Waals surface area contributed by atoms with Crippen LogP contribution in [0.1, 0.15) is 0 Å². The van der Waals surface area contributed by atoms with E-state index in [9.17, 15) is 13.6 Å². The van der Waals surface area contributed by atoms with Gasteiger partial charge in [0.15, 0.2) is 11.6 Å². The number of nitrogens with zero attached hydrogens (tertiary/aromatic N) is 3. The van der Waals surface area contributed by atoms with Gasteiger partial charge < -0.3 is 14.6 Å². The number of nitrogens with one attached hydrogen (secondary N) is 1. The van der Waals surface area contributed by atoms with Crippen LogP contribution in [0.2, 0.25) is 0 Å². The molecule has 0 aliphatic rings. The first-order valence-corrected chi connectivity index (χ1v) is 6.95. The molecule has 8 heteroatoms. The van der Waals surface area contributed by atoms with Crippen LogP contribution >= 0.6 is 0 Å². The molecule has 6 nitrogen and oxygen atoms in total. The summed E-state index contributed by atoms with van der Waals surface area (Å²) in [5.41, 5.74) is 0.465. The van der Waals surface area contributed by atoms with Crippen LogP contribution in [0, 0.1) is 11.6 Å². The van der Waals surface area contributed by atoms with E-state index in [-0.39, 0.29) is 24.1 Å². The number of hydrogen-bond donors (Lipinski definition) is 1. The highest BCUT2D eigenvalue weighted by molar-refractivity contribution is 5.90. The molecule has 3 aromatic rings. The zero-order valence-electron chi connectivity index (χ0n) is 12.3. The number of rotatable bonds is 5. The molecule has 0 radical (unpaired) electrons. The van der Waals surface area contributed by atoms with Crippen LogP contribution in [0.4, 0.5) is 14.5 Å². The number of benzene rings is 1. The molecule has 24 heavy (non-hydrogen) atoms. The van der Waals surface area contributed by atoms with Gasteiger partial charge >= 0.3 is 0 Å². The van der Waals surface area contributed by atoms with Crippen molar-refractivity contribution in [2.24, 2.45) is 0 Å². The summed E-state index contributed by atoms with van der Waals surface area (Å²) in [4.78, 5) is 19.6. The number of carbonyl (C=O) groups is 1. The number of halogens is 2. The van der Waals surface area contributed by atoms with Crippen LogP contribution in [0.15, 0.2) is 55.2 Å². The summed E-state index contributed by atoms with van der Waals surface area (Å²) in [7, 11) is 0. The van der Waals surface area contributed by atoms with E-state index in [2.05, 4.69) is 15.3 Å². The second-order valence-electron chi connectivity index (χ2n) is 4.85. The molecule has 0 aliphatic heterocycles. The highest BCUT2D eigenvalue weighted by atomic mass is 19.1. The van der Waals surface area contributed by atoms with Crippen molar-refractivity contribution in [3.05, 3.63) is 66.9 Å². The van der Waals surface area contributed by atoms with Gasteiger partial charge in [0.1, 0.15) is 12.4 Å². The first-order chi connectivity index (χ1) is 11.6. The number of anilines is 1. The predicted octanol–water partition coefficient (Wildman–Crippen LogP) is 2.99. The van der Waals surface area contributed by atoms with Crippen LogP contribution in [-0.4, -0.2) is 20.4 Å². The summed E-state index contributed by atoms with van der Waals surface area (Å²) < 4.78 is 33.2. The van der Waals surface area contributed by atoms with Crippen LogP contribution < -0.4 is 10.1 Å². The van der Waals surface area contributed by atoms with Gasteiger partial charge in [-0.15, -0.1) is 0 Å². The Bertz CT molecular complexity index is 836. The lowest BCUT2D eigenvalue weighted by Crippen LogP contribution is -2.17. The summed E-state index contributed by atoms with van der Waals surface area (Å²) in [6, 6.07) is 6.02. The molecule has 1 N–H and O–H groups in total. The monoisotopic (exact) mass is 330 g/mol. The van der Waals surface area contributed by atoms with Gasteiger partial charge in [-0.05, 0) is 18.2 Å². The van der Waals surface area contributed by atoms with E-state index in [1.807, 2.05) is 0 Å². The Morgan fingerprint density at radius 2 is 2.12 bits per heavy atom. The van der Waals surface area contributed by atoms with Gasteiger partial charge in [0, 0.05) is 24.5 Å². The SMILES string of the molecule is O=C(Cn1ccnc1)Nc1ccc(Oc2ccc(F)cc2F)nc1. The Labute approximate surface area is 135 Å². The van der Waals surface area contributed by atoms with Crippen molar-refractivity contribution in [1.82, 2.24) is 14.5 Å². The fourth-order valence-electron chi connectivity index (χ4n) is 1.93. The van der Waals surface area contributed by atoms with Crippen LogP contribution in [0.3, 0.4) is 0 Å². The highest BCUT2D eigenvalue weighted by Crippen LogP contribution is 2.24. The first kappa shape index (κ1) is 15.6. The first-order valence-electron chi connectivity index (χ1n) is 6.95. The van der Waals surface area contributed by atoms with Crippen molar-refractivity contribution >= 4 is 11.6 Å². The van der Waals surface area contributed by atoms with Crippen LogP contribution in [0.5, 0.6) is 11.6 Å². The number of carbonyl (C=O) groups excluding carboxylic acids is 1. The Morgan fingerprint density at radius 3 is 2.79 bits per heavy atom. The van der Waals surface area contributed by atoms with Crippen LogP contribution in [0.25, 0.3) is 0 Å². The van der Waals surface area contributed by atoms with Crippen molar-refractivity contribution in [2.75, 3.05) is 5.32 Å². The molecule has 0 saturated carbocycles. The van der Waals surface area contributed by atoms with Crippen molar-refractivity contribution in [3.8, 4) is 11.6 Å². The Kier molecular flexibility index (Phi) is 4.46. The third kappa shape index (κ3) is 3.92. The van der Waals surface area contributed by atoms with Crippen molar-refractivity contribution in [3.63, 3.8) is 0 Å². The average molecular weight is 330 g/mol. The van der Waals surface area contributed by atoms with E-state index in [4.69, 9.17) is 4.74 Å². The number of imidazole rings is 1. The fraction of sp³-hybridized carbons (Fsp3) is 0.0625. The lowest BCUT2D eigenvalue weighted by atomic mass is 10.3. The molecule has 0 fully saturated rings. The van der Waals surface area contributed by atoms with Gasteiger partial charge in [-0.3, -0.25) is 4.79 Å². The van der Waals surface area contributed by atoms with E-state index in [1.165, 1.54) is 24.7 Å². The number of ether oxygens (including phenoxy) is 1. The minimum Gasteiger partial charge on any atom is -0.436 e. The van der Waals surface area contributed by atoms with Crippen LogP contribution in [-0.2, 0) is 11.3 Å². The largest absolute Gasteiger partial charge is 0.436 e. The molecule has 1 amide bonds. The van der Waals surface area contributed by atoms with E-state index in [0.717, 1.165) is 12.1 Å². The molecule has 0 saturated heterocycles. The molecule has 0 spiro atoms. The van der Waals surface area contributed by atoms with Gasteiger partial charge in [0.05, 0.1) is 18.2 Å². The standard InChI is InChI=1S/C16H12F2N4O2/c17-11-1-3-14(13(18)7-11)24-16-4-2-12(8-20-16)21-15(23)9-22-6-5-19-10-22/h1-8,10H,9H2,(H,21,23). The van der Waals surface area contributed by atoms with Gasteiger partial charge in [-0.1, -0.05) is 0 Å². The number of pyridine rings is 1. The Hall–Kier alpha value is -3.29. The molecule has 1 aromatic carbocycles. The van der Waals surface area contributed by atoms with Gasteiger partial charge in [-0.2, -0.15) is 0 Å². The number of amides is 1. The van der Waals surface area contributed by atoms with E-state index >= 15 is 0 Å². The normalized spacial score (nSPS) is 10.4. The lowest BCUT2D eigenvalue weighted by molar-refractivity contribution is -0.116. The maximum absolute atomic E-state index is 13.5. The molecule has 122 valence electrons. The quantitative estimate of drug-likeness (QED) is 0.781. The molecular weight excluding hydrogens is 318 g/mol. The summed E-state index contributed by atoms with van der Waals surface area (Å²) in [5.74, 6) is -1.78. The molecule has 3 rings (SSSR count). The van der Waals surface area contributed by atoms with Crippen molar-refractivity contribution in [2.45, 2.75) is 6.54 Å². The predicted molar refractivity (Wildman–Crippen MR) is 81.5 cm³/mol. The topological polar surface area (TPSA) is 69.0 Å². The summed E-state index contributed by atoms with van der Waals surface area (Å²) in [6.07, 6.45) is 6.16. The average Bonchev–Trinajstić information content (AvgIpc) is 3.04. The zero-order valence-corrected chi connectivity index (χ0v) is 12.3. The molecule has 0 bridgehead atoms. The third-order valence-corrected chi connectivity index (χ3v) is 3.01. The smallest absolute Gasteiger partial charge is 0.244 e. The summed E-state index contributed by atoms with van der Waals surface area (Å²) in [5, 5.41) is 2.66. The van der Waals surface area contributed by atoms with Gasteiger partial charge in [-0.25, -0.2) is 18.7 Å². The minimum atomic E-state index is -0.825. The zero-order chi connectivity index (χ0) is 16.9. The number of hydrogen-bond acceptors (Lipinski definition) is 4. The van der Waals surface area contributed by atoms with Gasteiger partial charge in [0.2, 0.25) is 11.8 Å².